The maximum Gasteiger partial charge on any atom is 0.0592 e. The quantitative estimate of drug-likeness (QED) is 0.800. The fraction of sp³-hybridized carbons (Fsp3) is 0.333. The first-order valence-electron chi connectivity index (χ1n) is 6.33. The molecule has 0 bridgehead atoms. The van der Waals surface area contributed by atoms with E-state index in [2.05, 4.69) is 43.4 Å². The Bertz CT molecular complexity index is 489. The summed E-state index contributed by atoms with van der Waals surface area (Å²) in [6, 6.07) is 11.1. The van der Waals surface area contributed by atoms with Crippen LogP contribution in [0.4, 0.5) is 0 Å². The van der Waals surface area contributed by atoms with Crippen molar-refractivity contribution in [2.45, 2.75) is 26.3 Å². The summed E-state index contributed by atoms with van der Waals surface area (Å²) in [6.45, 7) is 5.34. The predicted octanol–water partition coefficient (Wildman–Crippen LogP) is 5.13. The summed E-state index contributed by atoms with van der Waals surface area (Å²) in [7, 11) is 0. The number of thiophene rings is 1. The number of halogens is 1. The second kappa shape index (κ2) is 6.37. The first-order valence-corrected chi connectivity index (χ1v) is 7.58. The number of hydrogen-bond acceptors (Lipinski definition) is 2. The molecule has 2 rings (SSSR count). The molecule has 18 heavy (non-hydrogen) atoms. The van der Waals surface area contributed by atoms with E-state index < -0.39 is 0 Å². The summed E-state index contributed by atoms with van der Waals surface area (Å²) in [5.74, 6) is 0. The molecule has 2 aromatic rings. The van der Waals surface area contributed by atoms with Crippen molar-refractivity contribution in [3.05, 3.63) is 46.3 Å². The molecule has 1 heterocycles. The Balaban J connectivity index is 2.22. The molecule has 0 saturated carbocycles. The first-order chi connectivity index (χ1) is 8.76. The van der Waals surface area contributed by atoms with Crippen LogP contribution in [-0.4, -0.2) is 6.54 Å². The smallest absolute Gasteiger partial charge is 0.0592 e. The summed E-state index contributed by atoms with van der Waals surface area (Å²) in [4.78, 5) is 1.15. The second-order valence-electron chi connectivity index (χ2n) is 4.24. The van der Waals surface area contributed by atoms with E-state index >= 15 is 0 Å². The van der Waals surface area contributed by atoms with Gasteiger partial charge in [0.1, 0.15) is 0 Å². The zero-order valence-corrected chi connectivity index (χ0v) is 12.3. The summed E-state index contributed by atoms with van der Waals surface area (Å²) < 4.78 is 0. The van der Waals surface area contributed by atoms with Crippen LogP contribution in [0.3, 0.4) is 0 Å². The lowest BCUT2D eigenvalue weighted by Gasteiger charge is -2.16. The third-order valence-corrected chi connectivity index (χ3v) is 4.44. The van der Waals surface area contributed by atoms with Gasteiger partial charge in [-0.25, -0.2) is 0 Å². The summed E-state index contributed by atoms with van der Waals surface area (Å²) >= 11 is 7.84. The third-order valence-electron chi connectivity index (χ3n) is 3.05. The van der Waals surface area contributed by atoms with Crippen LogP contribution in [0.5, 0.6) is 0 Å². The van der Waals surface area contributed by atoms with Gasteiger partial charge in [-0.15, -0.1) is 11.3 Å². The standard InChI is InChI=1S/C15H18ClNS/c1-3-14(17-4-2)11-5-7-12(8-6-11)15-13(16)9-10-18-15/h5-10,14,17H,3-4H2,1-2H3. The fourth-order valence-corrected chi connectivity index (χ4v) is 3.28. The molecule has 1 aromatic heterocycles. The van der Waals surface area contributed by atoms with Crippen LogP contribution in [0.2, 0.25) is 5.02 Å². The molecule has 1 nitrogen and oxygen atoms in total. The zero-order valence-electron chi connectivity index (χ0n) is 10.7. The monoisotopic (exact) mass is 279 g/mol. The molecule has 0 fully saturated rings. The largest absolute Gasteiger partial charge is 0.310 e. The fourth-order valence-electron chi connectivity index (χ4n) is 2.11. The van der Waals surface area contributed by atoms with E-state index in [1.165, 1.54) is 11.1 Å². The van der Waals surface area contributed by atoms with E-state index in [-0.39, 0.29) is 0 Å². The molecule has 1 N–H and O–H groups in total. The van der Waals surface area contributed by atoms with Crippen LogP contribution in [0.1, 0.15) is 31.9 Å². The molecule has 96 valence electrons. The molecule has 0 radical (unpaired) electrons. The van der Waals surface area contributed by atoms with E-state index in [1.54, 1.807) is 11.3 Å². The highest BCUT2D eigenvalue weighted by molar-refractivity contribution is 7.14. The first kappa shape index (κ1) is 13.6. The summed E-state index contributed by atoms with van der Waals surface area (Å²) in [6.07, 6.45) is 1.10. The highest BCUT2D eigenvalue weighted by Gasteiger charge is 2.09. The number of hydrogen-bond donors (Lipinski definition) is 1. The lowest BCUT2D eigenvalue weighted by molar-refractivity contribution is 0.537. The number of rotatable bonds is 5. The van der Waals surface area contributed by atoms with Gasteiger partial charge in [-0.05, 0) is 35.5 Å². The van der Waals surface area contributed by atoms with Gasteiger partial charge in [-0.1, -0.05) is 49.7 Å². The lowest BCUT2D eigenvalue weighted by atomic mass is 10.0. The normalized spacial score (nSPS) is 12.6. The van der Waals surface area contributed by atoms with Crippen LogP contribution in [0.25, 0.3) is 10.4 Å². The third kappa shape index (κ3) is 2.94. The summed E-state index contributed by atoms with van der Waals surface area (Å²) in [5.41, 5.74) is 2.54. The maximum absolute atomic E-state index is 6.15. The zero-order chi connectivity index (χ0) is 13.0. The molecule has 1 atom stereocenters. The highest BCUT2D eigenvalue weighted by atomic mass is 35.5. The van der Waals surface area contributed by atoms with Crippen LogP contribution >= 0.6 is 22.9 Å². The van der Waals surface area contributed by atoms with E-state index in [4.69, 9.17) is 11.6 Å². The molecule has 0 aliphatic rings. The molecular formula is C15H18ClNS. The van der Waals surface area contributed by atoms with Gasteiger partial charge in [-0.2, -0.15) is 0 Å². The van der Waals surface area contributed by atoms with Crippen molar-refractivity contribution in [1.29, 1.82) is 0 Å². The molecule has 1 aromatic carbocycles. The van der Waals surface area contributed by atoms with Crippen LogP contribution < -0.4 is 5.32 Å². The van der Waals surface area contributed by atoms with E-state index in [9.17, 15) is 0 Å². The molecule has 1 unspecified atom stereocenters. The van der Waals surface area contributed by atoms with Gasteiger partial charge >= 0.3 is 0 Å². The Hall–Kier alpha value is -0.830. The minimum absolute atomic E-state index is 0.447. The van der Waals surface area contributed by atoms with Crippen LogP contribution in [0, 0.1) is 0 Å². The van der Waals surface area contributed by atoms with Gasteiger partial charge in [-0.3, -0.25) is 0 Å². The van der Waals surface area contributed by atoms with E-state index in [0.29, 0.717) is 6.04 Å². The average Bonchev–Trinajstić information content (AvgIpc) is 2.82. The molecule has 0 amide bonds. The van der Waals surface area contributed by atoms with E-state index in [1.807, 2.05) is 11.4 Å². The lowest BCUT2D eigenvalue weighted by Crippen LogP contribution is -2.19. The topological polar surface area (TPSA) is 12.0 Å². The number of benzene rings is 1. The molecular weight excluding hydrogens is 262 g/mol. The highest BCUT2D eigenvalue weighted by Crippen LogP contribution is 2.33. The Morgan fingerprint density at radius 2 is 1.89 bits per heavy atom. The molecule has 0 aliphatic carbocycles. The van der Waals surface area contributed by atoms with E-state index in [0.717, 1.165) is 22.9 Å². The second-order valence-corrected chi connectivity index (χ2v) is 5.56. The minimum atomic E-state index is 0.447. The van der Waals surface area contributed by atoms with Crippen molar-refractivity contribution in [1.82, 2.24) is 5.32 Å². The average molecular weight is 280 g/mol. The van der Waals surface area contributed by atoms with Gasteiger partial charge in [0.15, 0.2) is 0 Å². The summed E-state index contributed by atoms with van der Waals surface area (Å²) in [5, 5.41) is 6.36. The van der Waals surface area contributed by atoms with Crippen molar-refractivity contribution in [2.75, 3.05) is 6.54 Å². The van der Waals surface area contributed by atoms with Crippen molar-refractivity contribution < 1.29 is 0 Å². The van der Waals surface area contributed by atoms with Crippen molar-refractivity contribution in [3.63, 3.8) is 0 Å². The Labute approximate surface area is 118 Å². The Kier molecular flexibility index (Phi) is 4.81. The number of nitrogens with one attached hydrogen (secondary N) is 1. The maximum atomic E-state index is 6.15. The predicted molar refractivity (Wildman–Crippen MR) is 81.5 cm³/mol. The van der Waals surface area contributed by atoms with Gasteiger partial charge < -0.3 is 5.32 Å². The van der Waals surface area contributed by atoms with Gasteiger partial charge in [0.25, 0.3) is 0 Å². The molecule has 3 heteroatoms. The molecule has 0 aliphatic heterocycles. The van der Waals surface area contributed by atoms with Crippen molar-refractivity contribution in [3.8, 4) is 10.4 Å². The van der Waals surface area contributed by atoms with Crippen molar-refractivity contribution in [2.24, 2.45) is 0 Å². The Morgan fingerprint density at radius 1 is 1.17 bits per heavy atom. The SMILES string of the molecule is CCNC(CC)c1ccc(-c2sccc2Cl)cc1. The van der Waals surface area contributed by atoms with Crippen LogP contribution in [0.15, 0.2) is 35.7 Å². The molecule has 0 saturated heterocycles. The Morgan fingerprint density at radius 3 is 2.39 bits per heavy atom. The van der Waals surface area contributed by atoms with Crippen LogP contribution in [-0.2, 0) is 0 Å². The molecule has 0 spiro atoms. The van der Waals surface area contributed by atoms with Gasteiger partial charge in [0, 0.05) is 6.04 Å². The minimum Gasteiger partial charge on any atom is -0.310 e. The van der Waals surface area contributed by atoms with Gasteiger partial charge in [0.2, 0.25) is 0 Å². The van der Waals surface area contributed by atoms with Gasteiger partial charge in [0.05, 0.1) is 9.90 Å². The van der Waals surface area contributed by atoms with Crippen molar-refractivity contribution >= 4 is 22.9 Å².